The van der Waals surface area contributed by atoms with Crippen LogP contribution >= 0.6 is 0 Å². The number of benzene rings is 2. The highest BCUT2D eigenvalue weighted by Gasteiger charge is 2.27. The van der Waals surface area contributed by atoms with Gasteiger partial charge in [0.1, 0.15) is 17.3 Å². The normalized spacial score (nSPS) is 13.8. The number of carbonyl (C=O) groups is 1. The number of amides is 1. The van der Waals surface area contributed by atoms with Crippen LogP contribution in [0.5, 0.6) is 5.75 Å². The van der Waals surface area contributed by atoms with Gasteiger partial charge < -0.3 is 10.5 Å². The molecule has 2 aromatic rings. The number of anilines is 2. The fraction of sp³-hybridized carbons (Fsp3) is 0.133. The molecule has 0 spiro atoms. The van der Waals surface area contributed by atoms with E-state index in [-0.39, 0.29) is 24.9 Å². The van der Waals surface area contributed by atoms with Crippen LogP contribution in [0.25, 0.3) is 0 Å². The Labute approximate surface area is 115 Å². The molecule has 1 heterocycles. The summed E-state index contributed by atoms with van der Waals surface area (Å²) in [6, 6.07) is 11.4. The standard InChI is InChI=1S/C15H13FN2O2/c16-11-4-1-3-10(7-11)8-18-14(19)9-20-13-6-2-5-12(17)15(13)18/h1-7H,8-9,17H2. The van der Waals surface area contributed by atoms with Crippen molar-refractivity contribution in [3.63, 3.8) is 0 Å². The molecule has 3 rings (SSSR count). The summed E-state index contributed by atoms with van der Waals surface area (Å²) < 4.78 is 18.6. The van der Waals surface area contributed by atoms with Gasteiger partial charge in [-0.2, -0.15) is 0 Å². The zero-order valence-corrected chi connectivity index (χ0v) is 10.7. The van der Waals surface area contributed by atoms with Crippen LogP contribution in [0.4, 0.5) is 15.8 Å². The number of carbonyl (C=O) groups excluding carboxylic acids is 1. The van der Waals surface area contributed by atoms with E-state index in [0.29, 0.717) is 22.7 Å². The summed E-state index contributed by atoms with van der Waals surface area (Å²) in [5.74, 6) is 0.0464. The number of para-hydroxylation sites is 1. The quantitative estimate of drug-likeness (QED) is 0.854. The molecule has 0 radical (unpaired) electrons. The Kier molecular flexibility index (Phi) is 3.02. The molecule has 20 heavy (non-hydrogen) atoms. The third kappa shape index (κ3) is 2.18. The van der Waals surface area contributed by atoms with E-state index in [1.165, 1.54) is 17.0 Å². The van der Waals surface area contributed by atoms with Crippen LogP contribution in [0.15, 0.2) is 42.5 Å². The van der Waals surface area contributed by atoms with Crippen molar-refractivity contribution < 1.29 is 13.9 Å². The number of fused-ring (bicyclic) bond motifs is 1. The van der Waals surface area contributed by atoms with E-state index in [9.17, 15) is 9.18 Å². The maximum absolute atomic E-state index is 13.2. The first-order chi connectivity index (χ1) is 9.65. The van der Waals surface area contributed by atoms with Crippen LogP contribution < -0.4 is 15.4 Å². The number of halogens is 1. The first-order valence-corrected chi connectivity index (χ1v) is 6.21. The Hall–Kier alpha value is -2.56. The van der Waals surface area contributed by atoms with Gasteiger partial charge in [-0.25, -0.2) is 4.39 Å². The van der Waals surface area contributed by atoms with Crippen molar-refractivity contribution in [3.8, 4) is 5.75 Å². The number of nitrogen functional groups attached to an aromatic ring is 1. The van der Waals surface area contributed by atoms with E-state index in [4.69, 9.17) is 10.5 Å². The van der Waals surface area contributed by atoms with E-state index in [0.717, 1.165) is 0 Å². The summed E-state index contributed by atoms with van der Waals surface area (Å²) in [6.07, 6.45) is 0. The van der Waals surface area contributed by atoms with E-state index < -0.39 is 0 Å². The Morgan fingerprint density at radius 2 is 2.05 bits per heavy atom. The Bertz CT molecular complexity index is 673. The van der Waals surface area contributed by atoms with Crippen LogP contribution in [0, 0.1) is 5.82 Å². The van der Waals surface area contributed by atoms with E-state index >= 15 is 0 Å². The first-order valence-electron chi connectivity index (χ1n) is 6.21. The molecule has 4 nitrogen and oxygen atoms in total. The van der Waals surface area contributed by atoms with Crippen molar-refractivity contribution in [2.45, 2.75) is 6.54 Å². The number of nitrogens with two attached hydrogens (primary N) is 1. The van der Waals surface area contributed by atoms with Crippen LogP contribution in [-0.4, -0.2) is 12.5 Å². The monoisotopic (exact) mass is 272 g/mol. The average molecular weight is 272 g/mol. The second-order valence-corrected chi connectivity index (χ2v) is 4.59. The van der Waals surface area contributed by atoms with Gasteiger partial charge in [0.05, 0.1) is 12.2 Å². The van der Waals surface area contributed by atoms with Crippen LogP contribution in [-0.2, 0) is 11.3 Å². The number of nitrogens with zero attached hydrogens (tertiary/aromatic N) is 1. The maximum atomic E-state index is 13.2. The largest absolute Gasteiger partial charge is 0.481 e. The molecule has 5 heteroatoms. The topological polar surface area (TPSA) is 55.6 Å². The Morgan fingerprint density at radius 1 is 1.25 bits per heavy atom. The van der Waals surface area contributed by atoms with Crippen molar-refractivity contribution >= 4 is 17.3 Å². The molecule has 2 N–H and O–H groups in total. The zero-order chi connectivity index (χ0) is 14.1. The zero-order valence-electron chi connectivity index (χ0n) is 10.7. The first kappa shape index (κ1) is 12.5. The predicted molar refractivity (Wildman–Crippen MR) is 73.9 cm³/mol. The van der Waals surface area contributed by atoms with Gasteiger partial charge in [-0.1, -0.05) is 18.2 Å². The number of rotatable bonds is 2. The van der Waals surface area contributed by atoms with Gasteiger partial charge in [0.15, 0.2) is 6.61 Å². The van der Waals surface area contributed by atoms with Crippen LogP contribution in [0.2, 0.25) is 0 Å². The lowest BCUT2D eigenvalue weighted by Gasteiger charge is -2.30. The maximum Gasteiger partial charge on any atom is 0.265 e. The molecular weight excluding hydrogens is 259 g/mol. The van der Waals surface area contributed by atoms with E-state index in [2.05, 4.69) is 0 Å². The summed E-state index contributed by atoms with van der Waals surface area (Å²) in [5.41, 5.74) is 7.65. The third-order valence-electron chi connectivity index (χ3n) is 3.18. The molecule has 102 valence electrons. The molecule has 0 aliphatic carbocycles. The van der Waals surface area contributed by atoms with E-state index in [1.807, 2.05) is 0 Å². The second-order valence-electron chi connectivity index (χ2n) is 4.59. The van der Waals surface area contributed by atoms with Crippen LogP contribution in [0.1, 0.15) is 5.56 Å². The minimum Gasteiger partial charge on any atom is -0.481 e. The molecule has 0 fully saturated rings. The van der Waals surface area contributed by atoms with Crippen molar-refractivity contribution in [3.05, 3.63) is 53.8 Å². The van der Waals surface area contributed by atoms with Gasteiger partial charge in [-0.15, -0.1) is 0 Å². The summed E-state index contributed by atoms with van der Waals surface area (Å²) in [7, 11) is 0. The van der Waals surface area contributed by atoms with Crippen LogP contribution in [0.3, 0.4) is 0 Å². The van der Waals surface area contributed by atoms with Gasteiger partial charge in [0.2, 0.25) is 0 Å². The molecule has 0 saturated carbocycles. The molecule has 1 aliphatic rings. The SMILES string of the molecule is Nc1cccc2c1N(Cc1cccc(F)c1)C(=O)CO2. The van der Waals surface area contributed by atoms with Gasteiger partial charge in [-0.05, 0) is 29.8 Å². The lowest BCUT2D eigenvalue weighted by Crippen LogP contribution is -2.38. The molecule has 0 saturated heterocycles. The minimum atomic E-state index is -0.329. The number of ether oxygens (including phenoxy) is 1. The second kappa shape index (κ2) is 4.85. The lowest BCUT2D eigenvalue weighted by molar-refractivity contribution is -0.121. The Balaban J connectivity index is 1.99. The van der Waals surface area contributed by atoms with E-state index in [1.54, 1.807) is 30.3 Å². The van der Waals surface area contributed by atoms with Gasteiger partial charge in [-0.3, -0.25) is 9.69 Å². The highest BCUT2D eigenvalue weighted by molar-refractivity contribution is 6.01. The lowest BCUT2D eigenvalue weighted by atomic mass is 10.1. The van der Waals surface area contributed by atoms with Crippen molar-refractivity contribution in [2.24, 2.45) is 0 Å². The molecule has 0 atom stereocenters. The van der Waals surface area contributed by atoms with Gasteiger partial charge >= 0.3 is 0 Å². The average Bonchev–Trinajstić information content (AvgIpc) is 2.42. The summed E-state index contributed by atoms with van der Waals surface area (Å²) >= 11 is 0. The Morgan fingerprint density at radius 3 is 2.85 bits per heavy atom. The fourth-order valence-corrected chi connectivity index (χ4v) is 2.27. The molecule has 0 aromatic heterocycles. The minimum absolute atomic E-state index is 0.0359. The molecule has 1 amide bonds. The van der Waals surface area contributed by atoms with Crippen molar-refractivity contribution in [1.82, 2.24) is 0 Å². The highest BCUT2D eigenvalue weighted by atomic mass is 19.1. The third-order valence-corrected chi connectivity index (χ3v) is 3.18. The number of hydrogen-bond acceptors (Lipinski definition) is 3. The molecule has 0 bridgehead atoms. The van der Waals surface area contributed by atoms with Crippen molar-refractivity contribution in [2.75, 3.05) is 17.2 Å². The summed E-state index contributed by atoms with van der Waals surface area (Å²) in [4.78, 5) is 13.6. The van der Waals surface area contributed by atoms with Gasteiger partial charge in [0, 0.05) is 0 Å². The van der Waals surface area contributed by atoms with Gasteiger partial charge in [0.25, 0.3) is 5.91 Å². The molecule has 0 unspecified atom stereocenters. The summed E-state index contributed by atoms with van der Waals surface area (Å²) in [6.45, 7) is 0.229. The highest BCUT2D eigenvalue weighted by Crippen LogP contribution is 2.37. The molecular formula is C15H13FN2O2. The predicted octanol–water partition coefficient (Wildman–Crippen LogP) is 2.33. The fourth-order valence-electron chi connectivity index (χ4n) is 2.27. The summed E-state index contributed by atoms with van der Waals surface area (Å²) in [5, 5.41) is 0. The smallest absolute Gasteiger partial charge is 0.265 e. The molecule has 2 aromatic carbocycles. The van der Waals surface area contributed by atoms with Crippen molar-refractivity contribution in [1.29, 1.82) is 0 Å². The number of hydrogen-bond donors (Lipinski definition) is 1. The molecule has 1 aliphatic heterocycles.